The van der Waals surface area contributed by atoms with E-state index in [9.17, 15) is 9.18 Å². The minimum absolute atomic E-state index is 0.101. The maximum Gasteiger partial charge on any atom is 0.232 e. The van der Waals surface area contributed by atoms with Gasteiger partial charge in [-0.15, -0.1) is 0 Å². The number of benzene rings is 2. The molecule has 1 atom stereocenters. The third kappa shape index (κ3) is 2.97. The van der Waals surface area contributed by atoms with Crippen molar-refractivity contribution in [2.24, 2.45) is 0 Å². The molecule has 4 rings (SSSR count). The van der Waals surface area contributed by atoms with Crippen LogP contribution < -0.4 is 4.90 Å². The van der Waals surface area contributed by atoms with Crippen molar-refractivity contribution in [3.8, 4) is 11.4 Å². The fourth-order valence-electron chi connectivity index (χ4n) is 3.03. The van der Waals surface area contributed by atoms with Gasteiger partial charge in [-0.3, -0.25) is 4.79 Å². The molecular weight excluding hydrogens is 357 g/mol. The molecule has 5 nitrogen and oxygen atoms in total. The molecule has 0 unspecified atom stereocenters. The first-order valence-corrected chi connectivity index (χ1v) is 8.56. The molecule has 0 saturated carbocycles. The fourth-order valence-corrected chi connectivity index (χ4v) is 3.25. The minimum atomic E-state index is -0.336. The van der Waals surface area contributed by atoms with Gasteiger partial charge in [0.1, 0.15) is 5.82 Å². The number of hydrogen-bond donors (Lipinski definition) is 0. The Morgan fingerprint density at radius 2 is 2.08 bits per heavy atom. The van der Waals surface area contributed by atoms with Gasteiger partial charge in [0.05, 0.1) is 10.9 Å². The number of anilines is 1. The van der Waals surface area contributed by atoms with Crippen LogP contribution in [0, 0.1) is 12.7 Å². The maximum atomic E-state index is 13.8. The van der Waals surface area contributed by atoms with Crippen molar-refractivity contribution >= 4 is 23.2 Å². The molecule has 3 aromatic rings. The van der Waals surface area contributed by atoms with Crippen LogP contribution in [-0.2, 0) is 4.79 Å². The second-order valence-corrected chi connectivity index (χ2v) is 6.68. The number of carbonyl (C=O) groups excluding carboxylic acids is 1. The van der Waals surface area contributed by atoms with Gasteiger partial charge in [0.15, 0.2) is 0 Å². The Morgan fingerprint density at radius 1 is 1.27 bits per heavy atom. The van der Waals surface area contributed by atoms with E-state index < -0.39 is 0 Å². The number of amides is 1. The summed E-state index contributed by atoms with van der Waals surface area (Å²) in [5, 5.41) is 4.51. The Bertz CT molecular complexity index is 988. The molecule has 0 radical (unpaired) electrons. The number of hydrogen-bond acceptors (Lipinski definition) is 4. The van der Waals surface area contributed by atoms with Crippen molar-refractivity contribution in [1.29, 1.82) is 0 Å². The van der Waals surface area contributed by atoms with E-state index in [1.54, 1.807) is 36.1 Å². The lowest BCUT2D eigenvalue weighted by atomic mass is 10.1. The molecule has 1 aromatic heterocycles. The number of aryl methyl sites for hydroxylation is 1. The Labute approximate surface area is 154 Å². The average Bonchev–Trinajstić information content (AvgIpc) is 3.25. The summed E-state index contributed by atoms with van der Waals surface area (Å²) in [7, 11) is 0. The quantitative estimate of drug-likeness (QED) is 0.686. The molecule has 1 aliphatic rings. The maximum absolute atomic E-state index is 13.8. The van der Waals surface area contributed by atoms with Crippen molar-refractivity contribution in [3.05, 3.63) is 64.8 Å². The molecule has 2 aromatic carbocycles. The largest absolute Gasteiger partial charge is 0.339 e. The van der Waals surface area contributed by atoms with E-state index >= 15 is 0 Å². The Morgan fingerprint density at radius 3 is 2.85 bits per heavy atom. The third-order valence-corrected chi connectivity index (χ3v) is 4.83. The molecule has 7 heteroatoms. The molecule has 1 saturated heterocycles. The Hall–Kier alpha value is -2.73. The molecule has 2 heterocycles. The highest BCUT2D eigenvalue weighted by Crippen LogP contribution is 2.33. The fraction of sp³-hybridized carbons (Fsp3) is 0.211. The Kier molecular flexibility index (Phi) is 4.20. The molecule has 1 aliphatic heterocycles. The summed E-state index contributed by atoms with van der Waals surface area (Å²) in [4.78, 5) is 18.3. The zero-order valence-electron chi connectivity index (χ0n) is 13.9. The first-order chi connectivity index (χ1) is 12.5. The lowest BCUT2D eigenvalue weighted by molar-refractivity contribution is -0.117. The van der Waals surface area contributed by atoms with Gasteiger partial charge in [-0.1, -0.05) is 35.0 Å². The number of rotatable bonds is 3. The minimum Gasteiger partial charge on any atom is -0.339 e. The van der Waals surface area contributed by atoms with Gasteiger partial charge >= 0.3 is 0 Å². The topological polar surface area (TPSA) is 59.2 Å². The predicted octanol–water partition coefficient (Wildman–Crippen LogP) is 4.36. The summed E-state index contributed by atoms with van der Waals surface area (Å²) in [6, 6.07) is 12.0. The Balaban J connectivity index is 1.58. The van der Waals surface area contributed by atoms with E-state index in [-0.39, 0.29) is 24.1 Å². The zero-order valence-corrected chi connectivity index (χ0v) is 14.7. The summed E-state index contributed by atoms with van der Waals surface area (Å²) in [6.45, 7) is 2.05. The van der Waals surface area contributed by atoms with Crippen molar-refractivity contribution < 1.29 is 13.7 Å². The summed E-state index contributed by atoms with van der Waals surface area (Å²) in [5.74, 6) is 0.0881. The molecule has 0 bridgehead atoms. The lowest BCUT2D eigenvalue weighted by Crippen LogP contribution is -2.24. The van der Waals surface area contributed by atoms with Crippen LogP contribution in [0.2, 0.25) is 5.02 Å². The summed E-state index contributed by atoms with van der Waals surface area (Å²) in [5.41, 5.74) is 1.75. The highest BCUT2D eigenvalue weighted by atomic mass is 35.5. The lowest BCUT2D eigenvalue weighted by Gasteiger charge is -2.16. The van der Waals surface area contributed by atoms with Gasteiger partial charge in [-0.25, -0.2) is 4.39 Å². The van der Waals surface area contributed by atoms with Crippen LogP contribution in [0.3, 0.4) is 0 Å². The van der Waals surface area contributed by atoms with Gasteiger partial charge in [-0.2, -0.15) is 4.98 Å². The molecule has 132 valence electrons. The van der Waals surface area contributed by atoms with E-state index in [0.29, 0.717) is 40.1 Å². The van der Waals surface area contributed by atoms with Crippen molar-refractivity contribution in [2.75, 3.05) is 11.4 Å². The second-order valence-electron chi connectivity index (χ2n) is 6.27. The average molecular weight is 372 g/mol. The van der Waals surface area contributed by atoms with E-state index in [4.69, 9.17) is 16.1 Å². The van der Waals surface area contributed by atoms with Crippen molar-refractivity contribution in [2.45, 2.75) is 19.3 Å². The van der Waals surface area contributed by atoms with Crippen LogP contribution in [0.25, 0.3) is 11.4 Å². The van der Waals surface area contributed by atoms with Crippen molar-refractivity contribution in [1.82, 2.24) is 10.1 Å². The molecule has 0 N–H and O–H groups in total. The monoisotopic (exact) mass is 371 g/mol. The predicted molar refractivity (Wildman–Crippen MR) is 95.6 cm³/mol. The first kappa shape index (κ1) is 16.7. The number of halogens is 2. The number of nitrogens with zero attached hydrogens (tertiary/aromatic N) is 3. The van der Waals surface area contributed by atoms with Gasteiger partial charge < -0.3 is 9.42 Å². The molecule has 0 aliphatic carbocycles. The molecule has 1 amide bonds. The van der Waals surface area contributed by atoms with Crippen LogP contribution in [0.5, 0.6) is 0 Å². The van der Waals surface area contributed by atoms with E-state index in [1.807, 2.05) is 12.1 Å². The summed E-state index contributed by atoms with van der Waals surface area (Å²) in [6.07, 6.45) is 0.236. The van der Waals surface area contributed by atoms with Crippen LogP contribution in [0.4, 0.5) is 10.1 Å². The van der Waals surface area contributed by atoms with E-state index in [2.05, 4.69) is 10.1 Å². The van der Waals surface area contributed by atoms with Crippen LogP contribution >= 0.6 is 11.6 Å². The van der Waals surface area contributed by atoms with Gasteiger partial charge in [0.25, 0.3) is 0 Å². The smallest absolute Gasteiger partial charge is 0.232 e. The highest BCUT2D eigenvalue weighted by molar-refractivity contribution is 6.33. The number of aromatic nitrogens is 2. The van der Waals surface area contributed by atoms with Crippen LogP contribution in [0.1, 0.15) is 23.8 Å². The zero-order chi connectivity index (χ0) is 18.3. The molecule has 26 heavy (non-hydrogen) atoms. The second kappa shape index (κ2) is 6.53. The summed E-state index contributed by atoms with van der Waals surface area (Å²) >= 11 is 6.16. The summed E-state index contributed by atoms with van der Waals surface area (Å²) < 4.78 is 19.2. The van der Waals surface area contributed by atoms with Crippen molar-refractivity contribution in [3.63, 3.8) is 0 Å². The standard InChI is InChI=1S/C19H15ClFN3O2/c1-11-6-7-13(9-16(11)21)24-10-12(8-17(24)25)19-22-18(23-26-19)14-4-2-3-5-15(14)20/h2-7,9,12H,8,10H2,1H3/t12-/m1/s1. The van der Waals surface area contributed by atoms with Crippen LogP contribution in [-0.4, -0.2) is 22.6 Å². The first-order valence-electron chi connectivity index (χ1n) is 8.18. The third-order valence-electron chi connectivity index (χ3n) is 4.50. The van der Waals surface area contributed by atoms with Crippen LogP contribution in [0.15, 0.2) is 47.0 Å². The SMILES string of the molecule is Cc1ccc(N2C[C@H](c3nc(-c4ccccc4Cl)no3)CC2=O)cc1F. The van der Waals surface area contributed by atoms with E-state index in [0.717, 1.165) is 0 Å². The number of carbonyl (C=O) groups is 1. The van der Waals surface area contributed by atoms with Gasteiger partial charge in [-0.05, 0) is 36.8 Å². The van der Waals surface area contributed by atoms with Gasteiger partial charge in [0.2, 0.25) is 17.6 Å². The van der Waals surface area contributed by atoms with E-state index in [1.165, 1.54) is 6.07 Å². The highest BCUT2D eigenvalue weighted by Gasteiger charge is 2.35. The molecular formula is C19H15ClFN3O2. The normalized spacial score (nSPS) is 17.1. The van der Waals surface area contributed by atoms with Gasteiger partial charge in [0, 0.05) is 24.2 Å². The molecule has 0 spiro atoms. The molecule has 1 fully saturated rings.